The van der Waals surface area contributed by atoms with Crippen LogP contribution in [0.25, 0.3) is 10.8 Å². The third-order valence-corrected chi connectivity index (χ3v) is 3.29. The summed E-state index contributed by atoms with van der Waals surface area (Å²) >= 11 is 0. The highest BCUT2D eigenvalue weighted by molar-refractivity contribution is 5.94. The van der Waals surface area contributed by atoms with Gasteiger partial charge in [-0.05, 0) is 42.8 Å². The lowest BCUT2D eigenvalue weighted by atomic mass is 10.1. The van der Waals surface area contributed by atoms with Crippen LogP contribution in [0.3, 0.4) is 0 Å². The number of aliphatic imine (C=N–C) groups is 1. The fourth-order valence-electron chi connectivity index (χ4n) is 2.24. The van der Waals surface area contributed by atoms with E-state index >= 15 is 0 Å². The zero-order chi connectivity index (χ0) is 15.4. The van der Waals surface area contributed by atoms with Gasteiger partial charge < -0.3 is 9.84 Å². The van der Waals surface area contributed by atoms with E-state index in [4.69, 9.17) is 4.74 Å². The molecular formula is C18H16N2O2. The number of nitrogens with zero attached hydrogens (tertiary/aromatic N) is 2. The van der Waals surface area contributed by atoms with Gasteiger partial charge in [0.2, 0.25) is 0 Å². The Morgan fingerprint density at radius 2 is 2.14 bits per heavy atom. The molecule has 0 saturated carbocycles. The Balaban J connectivity index is 1.94. The number of fused-ring (bicyclic) bond motifs is 1. The minimum absolute atomic E-state index is 0.134. The van der Waals surface area contributed by atoms with Crippen LogP contribution in [0.5, 0.6) is 11.5 Å². The van der Waals surface area contributed by atoms with Crippen LogP contribution in [0.4, 0.5) is 5.69 Å². The number of aromatic hydroxyl groups is 1. The number of benzene rings is 2. The van der Waals surface area contributed by atoms with Crippen LogP contribution >= 0.6 is 0 Å². The Hall–Kier alpha value is -2.88. The van der Waals surface area contributed by atoms with Crippen LogP contribution in [-0.2, 0) is 0 Å². The number of rotatable bonds is 4. The maximum Gasteiger partial charge on any atom is 0.161 e. The minimum atomic E-state index is 0.134. The summed E-state index contributed by atoms with van der Waals surface area (Å²) in [6, 6.07) is 13.1. The van der Waals surface area contributed by atoms with Crippen molar-refractivity contribution in [1.82, 2.24) is 4.98 Å². The Labute approximate surface area is 128 Å². The molecule has 0 aliphatic rings. The second-order valence-corrected chi connectivity index (χ2v) is 4.79. The zero-order valence-electron chi connectivity index (χ0n) is 12.2. The first-order valence-electron chi connectivity index (χ1n) is 7.10. The van der Waals surface area contributed by atoms with E-state index in [1.807, 2.05) is 37.4 Å². The fraction of sp³-hybridized carbons (Fsp3) is 0.111. The van der Waals surface area contributed by atoms with Gasteiger partial charge >= 0.3 is 0 Å². The van der Waals surface area contributed by atoms with Crippen molar-refractivity contribution in [3.63, 3.8) is 0 Å². The van der Waals surface area contributed by atoms with E-state index in [-0.39, 0.29) is 5.75 Å². The molecule has 3 aromatic rings. The van der Waals surface area contributed by atoms with E-state index in [1.54, 1.807) is 30.6 Å². The van der Waals surface area contributed by atoms with Crippen molar-refractivity contribution >= 4 is 22.7 Å². The van der Waals surface area contributed by atoms with Crippen LogP contribution in [0.1, 0.15) is 12.5 Å². The highest BCUT2D eigenvalue weighted by atomic mass is 16.5. The number of hydrogen-bond donors (Lipinski definition) is 1. The smallest absolute Gasteiger partial charge is 0.161 e. The van der Waals surface area contributed by atoms with Gasteiger partial charge in [0.25, 0.3) is 0 Å². The molecule has 1 heterocycles. The van der Waals surface area contributed by atoms with Crippen molar-refractivity contribution in [3.05, 3.63) is 60.4 Å². The highest BCUT2D eigenvalue weighted by Crippen LogP contribution is 2.27. The van der Waals surface area contributed by atoms with Crippen LogP contribution in [0, 0.1) is 0 Å². The third-order valence-electron chi connectivity index (χ3n) is 3.29. The average molecular weight is 292 g/mol. The lowest BCUT2D eigenvalue weighted by molar-refractivity contribution is 0.318. The first kappa shape index (κ1) is 14.1. The van der Waals surface area contributed by atoms with Gasteiger partial charge in [-0.1, -0.05) is 12.1 Å². The zero-order valence-corrected chi connectivity index (χ0v) is 12.2. The molecule has 0 saturated heterocycles. The van der Waals surface area contributed by atoms with E-state index < -0.39 is 0 Å². The predicted octanol–water partition coefficient (Wildman–Crippen LogP) is 4.09. The molecule has 0 atom stereocenters. The van der Waals surface area contributed by atoms with Crippen molar-refractivity contribution in [2.24, 2.45) is 4.99 Å². The van der Waals surface area contributed by atoms with Gasteiger partial charge in [0.15, 0.2) is 11.5 Å². The Morgan fingerprint density at radius 3 is 3.00 bits per heavy atom. The minimum Gasteiger partial charge on any atom is -0.504 e. The lowest BCUT2D eigenvalue weighted by Crippen LogP contribution is -1.93. The molecule has 0 spiro atoms. The molecule has 0 bridgehead atoms. The van der Waals surface area contributed by atoms with Crippen molar-refractivity contribution < 1.29 is 9.84 Å². The molecule has 3 rings (SSSR count). The van der Waals surface area contributed by atoms with E-state index in [0.29, 0.717) is 12.4 Å². The highest BCUT2D eigenvalue weighted by Gasteiger charge is 2.03. The van der Waals surface area contributed by atoms with Gasteiger partial charge in [0.1, 0.15) is 0 Å². The van der Waals surface area contributed by atoms with Gasteiger partial charge in [-0.3, -0.25) is 9.98 Å². The lowest BCUT2D eigenvalue weighted by Gasteiger charge is -2.06. The molecule has 0 aliphatic carbocycles. The quantitative estimate of drug-likeness (QED) is 0.737. The Bertz CT molecular complexity index is 823. The third kappa shape index (κ3) is 2.91. The number of hydrogen-bond acceptors (Lipinski definition) is 4. The molecule has 4 nitrogen and oxygen atoms in total. The summed E-state index contributed by atoms with van der Waals surface area (Å²) in [6.07, 6.45) is 5.34. The predicted molar refractivity (Wildman–Crippen MR) is 88.3 cm³/mol. The molecule has 0 amide bonds. The van der Waals surface area contributed by atoms with E-state index in [1.165, 1.54) is 0 Å². The summed E-state index contributed by atoms with van der Waals surface area (Å²) in [6.45, 7) is 2.38. The van der Waals surface area contributed by atoms with Crippen LogP contribution in [0.15, 0.2) is 59.9 Å². The van der Waals surface area contributed by atoms with Gasteiger partial charge in [-0.25, -0.2) is 0 Å². The standard InChI is InChI=1S/C18H16N2O2/c1-2-22-18-10-13(6-7-17(18)21)11-20-16-5-3-4-14-12-19-9-8-15(14)16/h3-12,21H,2H2,1H3. The molecule has 1 aromatic heterocycles. The molecule has 0 aliphatic heterocycles. The monoisotopic (exact) mass is 292 g/mol. The molecule has 0 fully saturated rings. The molecule has 22 heavy (non-hydrogen) atoms. The van der Waals surface area contributed by atoms with E-state index in [2.05, 4.69) is 9.98 Å². The molecule has 4 heteroatoms. The maximum absolute atomic E-state index is 9.72. The number of pyridine rings is 1. The van der Waals surface area contributed by atoms with Crippen LogP contribution in [0.2, 0.25) is 0 Å². The number of aromatic nitrogens is 1. The number of phenols is 1. The van der Waals surface area contributed by atoms with Gasteiger partial charge in [-0.2, -0.15) is 0 Å². The van der Waals surface area contributed by atoms with E-state index in [9.17, 15) is 5.11 Å². The molecular weight excluding hydrogens is 276 g/mol. The largest absolute Gasteiger partial charge is 0.504 e. The SMILES string of the molecule is CCOc1cc(C=Nc2cccc3cnccc23)ccc1O. The van der Waals surface area contributed by atoms with Crippen LogP contribution in [-0.4, -0.2) is 22.9 Å². The van der Waals surface area contributed by atoms with Gasteiger partial charge in [0.05, 0.1) is 12.3 Å². The van der Waals surface area contributed by atoms with E-state index in [0.717, 1.165) is 22.0 Å². The molecule has 1 N–H and O–H groups in total. The summed E-state index contributed by atoms with van der Waals surface area (Å²) in [5.41, 5.74) is 1.75. The second-order valence-electron chi connectivity index (χ2n) is 4.79. The summed E-state index contributed by atoms with van der Waals surface area (Å²) in [5.74, 6) is 0.601. The Kier molecular flexibility index (Phi) is 4.01. The topological polar surface area (TPSA) is 54.7 Å². The van der Waals surface area contributed by atoms with Crippen molar-refractivity contribution in [3.8, 4) is 11.5 Å². The summed E-state index contributed by atoms with van der Waals surface area (Å²) in [4.78, 5) is 8.66. The van der Waals surface area contributed by atoms with Crippen molar-refractivity contribution in [2.75, 3.05) is 6.61 Å². The number of ether oxygens (including phenoxy) is 1. The maximum atomic E-state index is 9.72. The first-order chi connectivity index (χ1) is 10.8. The summed E-state index contributed by atoms with van der Waals surface area (Å²) < 4.78 is 5.38. The van der Waals surface area contributed by atoms with Crippen LogP contribution < -0.4 is 4.74 Å². The molecule has 110 valence electrons. The van der Waals surface area contributed by atoms with Crippen molar-refractivity contribution in [1.29, 1.82) is 0 Å². The average Bonchev–Trinajstić information content (AvgIpc) is 2.56. The normalized spacial score (nSPS) is 11.1. The van der Waals surface area contributed by atoms with Crippen molar-refractivity contribution in [2.45, 2.75) is 6.92 Å². The number of phenolic OH excluding ortho intramolecular Hbond substituents is 1. The second kappa shape index (κ2) is 6.26. The molecule has 2 aromatic carbocycles. The fourth-order valence-corrected chi connectivity index (χ4v) is 2.24. The Morgan fingerprint density at radius 1 is 1.23 bits per heavy atom. The van der Waals surface area contributed by atoms with Gasteiger partial charge in [0, 0.05) is 29.4 Å². The summed E-state index contributed by atoms with van der Waals surface area (Å²) in [7, 11) is 0. The van der Waals surface area contributed by atoms with Gasteiger partial charge in [-0.15, -0.1) is 0 Å². The molecule has 0 radical (unpaired) electrons. The molecule has 0 unspecified atom stereocenters. The summed E-state index contributed by atoms with van der Waals surface area (Å²) in [5, 5.41) is 11.8. The first-order valence-corrected chi connectivity index (χ1v) is 7.10.